The van der Waals surface area contributed by atoms with Crippen LogP contribution in [0.5, 0.6) is 0 Å². The Morgan fingerprint density at radius 2 is 1.95 bits per heavy atom. The molecular formula is C15H14BrF2N. The predicted molar refractivity (Wildman–Crippen MR) is 77.3 cm³/mol. The number of anilines is 1. The summed E-state index contributed by atoms with van der Waals surface area (Å²) in [7, 11) is 0. The Labute approximate surface area is 119 Å². The molecule has 4 heteroatoms. The zero-order chi connectivity index (χ0) is 13.8. The van der Waals surface area contributed by atoms with Crippen LogP contribution < -0.4 is 5.32 Å². The smallest absolute Gasteiger partial charge is 0.137 e. The monoisotopic (exact) mass is 325 g/mol. The van der Waals surface area contributed by atoms with E-state index in [2.05, 4.69) is 21.2 Å². The molecule has 19 heavy (non-hydrogen) atoms. The fourth-order valence-corrected chi connectivity index (χ4v) is 2.32. The highest BCUT2D eigenvalue weighted by Gasteiger charge is 2.06. The van der Waals surface area contributed by atoms with Crippen LogP contribution in [-0.4, -0.2) is 6.04 Å². The summed E-state index contributed by atoms with van der Waals surface area (Å²) < 4.78 is 26.6. The van der Waals surface area contributed by atoms with Gasteiger partial charge in [-0.15, -0.1) is 0 Å². The van der Waals surface area contributed by atoms with Crippen molar-refractivity contribution in [2.24, 2.45) is 0 Å². The standard InChI is InChI=1S/C15H14BrF2N/c1-10(7-11-3-2-4-12(17)8-11)19-13-5-6-15(18)14(16)9-13/h2-6,8-10,19H,7H2,1H3. The van der Waals surface area contributed by atoms with E-state index in [0.717, 1.165) is 11.3 Å². The largest absolute Gasteiger partial charge is 0.382 e. The van der Waals surface area contributed by atoms with Crippen molar-refractivity contribution < 1.29 is 8.78 Å². The second-order valence-electron chi connectivity index (χ2n) is 4.51. The Hall–Kier alpha value is -1.42. The van der Waals surface area contributed by atoms with Gasteiger partial charge in [0.15, 0.2) is 0 Å². The molecule has 1 nitrogen and oxygen atoms in total. The van der Waals surface area contributed by atoms with Crippen molar-refractivity contribution in [3.05, 3.63) is 64.1 Å². The van der Waals surface area contributed by atoms with Crippen LogP contribution in [0.1, 0.15) is 12.5 Å². The molecule has 0 saturated heterocycles. The van der Waals surface area contributed by atoms with Crippen LogP contribution in [0.15, 0.2) is 46.9 Å². The molecule has 0 spiro atoms. The fraction of sp³-hybridized carbons (Fsp3) is 0.200. The topological polar surface area (TPSA) is 12.0 Å². The normalized spacial score (nSPS) is 12.2. The number of nitrogens with one attached hydrogen (secondary N) is 1. The predicted octanol–water partition coefficient (Wildman–Crippen LogP) is 4.77. The molecule has 0 heterocycles. The molecule has 100 valence electrons. The summed E-state index contributed by atoms with van der Waals surface area (Å²) in [6.45, 7) is 2.00. The van der Waals surface area contributed by atoms with Gasteiger partial charge in [0.25, 0.3) is 0 Å². The summed E-state index contributed by atoms with van der Waals surface area (Å²) in [5.41, 5.74) is 1.76. The van der Waals surface area contributed by atoms with Crippen LogP contribution in [0.4, 0.5) is 14.5 Å². The zero-order valence-electron chi connectivity index (χ0n) is 10.5. The zero-order valence-corrected chi connectivity index (χ0v) is 12.0. The van der Waals surface area contributed by atoms with Crippen molar-refractivity contribution in [2.75, 3.05) is 5.32 Å². The molecule has 1 N–H and O–H groups in total. The SMILES string of the molecule is CC(Cc1cccc(F)c1)Nc1ccc(F)c(Br)c1. The number of rotatable bonds is 4. The molecule has 0 fully saturated rings. The van der Waals surface area contributed by atoms with E-state index >= 15 is 0 Å². The first-order chi connectivity index (χ1) is 9.04. The number of halogens is 3. The van der Waals surface area contributed by atoms with Gasteiger partial charge in [-0.3, -0.25) is 0 Å². The van der Waals surface area contributed by atoms with Crippen LogP contribution >= 0.6 is 15.9 Å². The van der Waals surface area contributed by atoms with Gasteiger partial charge in [-0.2, -0.15) is 0 Å². The maximum Gasteiger partial charge on any atom is 0.137 e. The van der Waals surface area contributed by atoms with Gasteiger partial charge in [0.05, 0.1) is 4.47 Å². The van der Waals surface area contributed by atoms with Crippen LogP contribution in [0.25, 0.3) is 0 Å². The van der Waals surface area contributed by atoms with E-state index in [1.54, 1.807) is 18.2 Å². The van der Waals surface area contributed by atoms with Gasteiger partial charge in [-0.25, -0.2) is 8.78 Å². The van der Waals surface area contributed by atoms with Crippen molar-refractivity contribution in [1.82, 2.24) is 0 Å². The van der Waals surface area contributed by atoms with E-state index in [9.17, 15) is 8.78 Å². The highest BCUT2D eigenvalue weighted by Crippen LogP contribution is 2.21. The van der Waals surface area contributed by atoms with E-state index in [0.29, 0.717) is 10.9 Å². The summed E-state index contributed by atoms with van der Waals surface area (Å²) in [5.74, 6) is -0.516. The molecule has 0 amide bonds. The molecule has 0 saturated carbocycles. The Balaban J connectivity index is 2.01. The quantitative estimate of drug-likeness (QED) is 0.853. The highest BCUT2D eigenvalue weighted by molar-refractivity contribution is 9.10. The maximum atomic E-state index is 13.1. The molecule has 0 aliphatic rings. The van der Waals surface area contributed by atoms with Crippen molar-refractivity contribution in [3.8, 4) is 0 Å². The van der Waals surface area contributed by atoms with Crippen molar-refractivity contribution in [1.29, 1.82) is 0 Å². The summed E-state index contributed by atoms with van der Waals surface area (Å²) in [6.07, 6.45) is 0.701. The first kappa shape index (κ1) is 14.0. The molecule has 0 aromatic heterocycles. The first-order valence-electron chi connectivity index (χ1n) is 6.00. The van der Waals surface area contributed by atoms with Crippen LogP contribution in [-0.2, 0) is 6.42 Å². The molecule has 2 aromatic carbocycles. The van der Waals surface area contributed by atoms with Crippen molar-refractivity contribution in [2.45, 2.75) is 19.4 Å². The van der Waals surface area contributed by atoms with E-state index in [1.165, 1.54) is 18.2 Å². The highest BCUT2D eigenvalue weighted by atomic mass is 79.9. The minimum atomic E-state index is -0.289. The lowest BCUT2D eigenvalue weighted by Gasteiger charge is -2.15. The lowest BCUT2D eigenvalue weighted by atomic mass is 10.1. The minimum Gasteiger partial charge on any atom is -0.382 e. The van der Waals surface area contributed by atoms with E-state index in [1.807, 2.05) is 13.0 Å². The molecule has 0 bridgehead atoms. The average Bonchev–Trinajstić information content (AvgIpc) is 2.34. The summed E-state index contributed by atoms with van der Waals surface area (Å²) in [6, 6.07) is 11.4. The Morgan fingerprint density at radius 3 is 2.63 bits per heavy atom. The average molecular weight is 326 g/mol. The minimum absolute atomic E-state index is 0.124. The molecular weight excluding hydrogens is 312 g/mol. The summed E-state index contributed by atoms with van der Waals surface area (Å²) >= 11 is 3.15. The third-order valence-corrected chi connectivity index (χ3v) is 3.37. The number of hydrogen-bond acceptors (Lipinski definition) is 1. The van der Waals surface area contributed by atoms with Crippen molar-refractivity contribution in [3.63, 3.8) is 0 Å². The summed E-state index contributed by atoms with van der Waals surface area (Å²) in [4.78, 5) is 0. The van der Waals surface area contributed by atoms with Crippen LogP contribution in [0.2, 0.25) is 0 Å². The molecule has 2 rings (SSSR count). The second-order valence-corrected chi connectivity index (χ2v) is 5.36. The summed E-state index contributed by atoms with van der Waals surface area (Å²) in [5, 5.41) is 3.26. The Morgan fingerprint density at radius 1 is 1.16 bits per heavy atom. The Bertz CT molecular complexity index is 572. The molecule has 0 aliphatic heterocycles. The number of benzene rings is 2. The Kier molecular flexibility index (Phi) is 4.53. The molecule has 2 aromatic rings. The lowest BCUT2D eigenvalue weighted by Crippen LogP contribution is -2.18. The third kappa shape index (κ3) is 4.03. The van der Waals surface area contributed by atoms with Gasteiger partial charge in [-0.1, -0.05) is 12.1 Å². The van der Waals surface area contributed by atoms with Gasteiger partial charge >= 0.3 is 0 Å². The van der Waals surface area contributed by atoms with Gasteiger partial charge < -0.3 is 5.32 Å². The van der Waals surface area contributed by atoms with Crippen molar-refractivity contribution >= 4 is 21.6 Å². The van der Waals surface area contributed by atoms with Gasteiger partial charge in [0.2, 0.25) is 0 Å². The molecule has 1 atom stereocenters. The molecule has 0 radical (unpaired) electrons. The van der Waals surface area contributed by atoms with E-state index in [4.69, 9.17) is 0 Å². The molecule has 0 aliphatic carbocycles. The third-order valence-electron chi connectivity index (χ3n) is 2.76. The van der Waals surface area contributed by atoms with E-state index in [-0.39, 0.29) is 17.7 Å². The van der Waals surface area contributed by atoms with Crippen LogP contribution in [0.3, 0.4) is 0 Å². The van der Waals surface area contributed by atoms with Gasteiger partial charge in [0, 0.05) is 11.7 Å². The molecule has 1 unspecified atom stereocenters. The fourth-order valence-electron chi connectivity index (χ4n) is 1.94. The van der Waals surface area contributed by atoms with E-state index < -0.39 is 0 Å². The lowest BCUT2D eigenvalue weighted by molar-refractivity contribution is 0.620. The first-order valence-corrected chi connectivity index (χ1v) is 6.80. The maximum absolute atomic E-state index is 13.1. The number of hydrogen-bond donors (Lipinski definition) is 1. The van der Waals surface area contributed by atoms with Crippen LogP contribution in [0, 0.1) is 11.6 Å². The van der Waals surface area contributed by atoms with Gasteiger partial charge in [0.1, 0.15) is 11.6 Å². The van der Waals surface area contributed by atoms with Gasteiger partial charge in [-0.05, 0) is 65.2 Å². The second kappa shape index (κ2) is 6.15.